The van der Waals surface area contributed by atoms with Crippen molar-refractivity contribution in [2.24, 2.45) is 5.92 Å². The normalized spacial score (nSPS) is 14.1. The van der Waals surface area contributed by atoms with E-state index in [1.807, 2.05) is 30.3 Å². The van der Waals surface area contributed by atoms with E-state index in [0.717, 1.165) is 51.6 Å². The lowest BCUT2D eigenvalue weighted by atomic mass is 9.87. The average Bonchev–Trinajstić information content (AvgIpc) is 3.61. The number of fused-ring (bicyclic) bond motifs is 2. The number of pyridine rings is 3. The molecule has 5 heterocycles. The fraction of sp³-hybridized carbons (Fsp3) is 0.219. The van der Waals surface area contributed by atoms with Gasteiger partial charge in [0, 0.05) is 46.2 Å². The summed E-state index contributed by atoms with van der Waals surface area (Å²) in [4.78, 5) is 29.6. The molecule has 0 radical (unpaired) electrons. The van der Waals surface area contributed by atoms with Crippen LogP contribution in [-0.4, -0.2) is 36.0 Å². The molecule has 5 aromatic heterocycles. The van der Waals surface area contributed by atoms with Crippen LogP contribution in [0.3, 0.4) is 0 Å². The topological polar surface area (TPSA) is 112 Å². The Labute approximate surface area is 235 Å². The van der Waals surface area contributed by atoms with E-state index in [1.165, 1.54) is 31.4 Å². The zero-order chi connectivity index (χ0) is 27.8. The molecule has 7 rings (SSSR count). The number of aromatic nitrogens is 6. The third-order valence-electron chi connectivity index (χ3n) is 7.87. The second-order valence-electron chi connectivity index (χ2n) is 10.7. The molecule has 0 atom stereocenters. The summed E-state index contributed by atoms with van der Waals surface area (Å²) < 4.78 is 13.9. The van der Waals surface area contributed by atoms with Gasteiger partial charge in [0.2, 0.25) is 5.91 Å². The fourth-order valence-electron chi connectivity index (χ4n) is 5.84. The van der Waals surface area contributed by atoms with Crippen molar-refractivity contribution in [3.63, 3.8) is 0 Å². The number of carbonyl (C=O) groups is 1. The number of aromatic amines is 2. The summed E-state index contributed by atoms with van der Waals surface area (Å²) >= 11 is 0. The lowest BCUT2D eigenvalue weighted by Gasteiger charge is -2.20. The van der Waals surface area contributed by atoms with Gasteiger partial charge in [-0.1, -0.05) is 31.4 Å². The van der Waals surface area contributed by atoms with Crippen LogP contribution in [0.2, 0.25) is 0 Å². The first-order chi connectivity index (χ1) is 20.1. The van der Waals surface area contributed by atoms with E-state index in [9.17, 15) is 9.18 Å². The number of anilines is 1. The Kier molecular flexibility index (Phi) is 6.47. The molecule has 6 aromatic rings. The molecule has 0 unspecified atom stereocenters. The van der Waals surface area contributed by atoms with Gasteiger partial charge in [0.1, 0.15) is 11.5 Å². The van der Waals surface area contributed by atoms with Gasteiger partial charge in [0.15, 0.2) is 0 Å². The lowest BCUT2D eigenvalue weighted by molar-refractivity contribution is -0.117. The first-order valence-electron chi connectivity index (χ1n) is 13.9. The van der Waals surface area contributed by atoms with E-state index in [0.29, 0.717) is 35.0 Å². The summed E-state index contributed by atoms with van der Waals surface area (Å²) in [5.41, 5.74) is 6.77. The summed E-state index contributed by atoms with van der Waals surface area (Å²) in [7, 11) is 0. The third kappa shape index (κ3) is 5.06. The minimum Gasteiger partial charge on any atom is -0.353 e. The van der Waals surface area contributed by atoms with Crippen LogP contribution in [0.25, 0.3) is 55.7 Å². The highest BCUT2D eigenvalue weighted by atomic mass is 19.1. The minimum absolute atomic E-state index is 0.0299. The van der Waals surface area contributed by atoms with E-state index < -0.39 is 0 Å². The van der Waals surface area contributed by atoms with Gasteiger partial charge in [-0.2, -0.15) is 5.10 Å². The Morgan fingerprint density at radius 2 is 1.78 bits per heavy atom. The number of rotatable bonds is 6. The monoisotopic (exact) mass is 545 g/mol. The number of carbonyl (C=O) groups excluding carboxylic acids is 1. The van der Waals surface area contributed by atoms with Crippen molar-refractivity contribution >= 4 is 33.4 Å². The zero-order valence-corrected chi connectivity index (χ0v) is 22.3. The molecule has 204 valence electrons. The Morgan fingerprint density at radius 1 is 0.902 bits per heavy atom. The average molecular weight is 546 g/mol. The van der Waals surface area contributed by atoms with Crippen LogP contribution in [0.4, 0.5) is 10.1 Å². The summed E-state index contributed by atoms with van der Waals surface area (Å²) in [5, 5.41) is 12.4. The van der Waals surface area contributed by atoms with E-state index in [2.05, 4.69) is 35.5 Å². The van der Waals surface area contributed by atoms with Gasteiger partial charge < -0.3 is 10.3 Å². The molecule has 0 bridgehead atoms. The summed E-state index contributed by atoms with van der Waals surface area (Å²) in [6.45, 7) is 0. The van der Waals surface area contributed by atoms with Gasteiger partial charge >= 0.3 is 0 Å². The summed E-state index contributed by atoms with van der Waals surface area (Å²) in [6.07, 6.45) is 13.4. The molecular formula is C32H28FN7O. The van der Waals surface area contributed by atoms with Crippen LogP contribution in [0.1, 0.15) is 38.5 Å². The smallest absolute Gasteiger partial charge is 0.224 e. The molecule has 0 aliphatic heterocycles. The van der Waals surface area contributed by atoms with E-state index >= 15 is 0 Å². The van der Waals surface area contributed by atoms with Gasteiger partial charge in [-0.05, 0) is 55.2 Å². The molecule has 1 aliphatic carbocycles. The Hall–Kier alpha value is -4.92. The second-order valence-corrected chi connectivity index (χ2v) is 10.7. The van der Waals surface area contributed by atoms with Crippen molar-refractivity contribution in [3.05, 3.63) is 79.1 Å². The highest BCUT2D eigenvalue weighted by molar-refractivity contribution is 6.00. The van der Waals surface area contributed by atoms with Gasteiger partial charge in [-0.15, -0.1) is 0 Å². The number of H-pyrrole nitrogens is 2. The number of nitrogens with one attached hydrogen (secondary N) is 3. The van der Waals surface area contributed by atoms with Gasteiger partial charge in [-0.25, -0.2) is 4.39 Å². The molecule has 1 fully saturated rings. The molecular weight excluding hydrogens is 517 g/mol. The summed E-state index contributed by atoms with van der Waals surface area (Å²) in [6, 6.07) is 14.2. The van der Waals surface area contributed by atoms with Crippen molar-refractivity contribution in [1.82, 2.24) is 30.1 Å². The molecule has 1 saturated carbocycles. The van der Waals surface area contributed by atoms with Gasteiger partial charge in [0.25, 0.3) is 0 Å². The molecule has 1 aliphatic rings. The largest absolute Gasteiger partial charge is 0.353 e. The molecule has 1 aromatic carbocycles. The Balaban J connectivity index is 1.19. The Bertz CT molecular complexity index is 1890. The van der Waals surface area contributed by atoms with Crippen molar-refractivity contribution in [3.8, 4) is 33.9 Å². The van der Waals surface area contributed by atoms with E-state index in [-0.39, 0.29) is 11.7 Å². The predicted molar refractivity (Wildman–Crippen MR) is 157 cm³/mol. The van der Waals surface area contributed by atoms with Gasteiger partial charge in [0.05, 0.1) is 40.7 Å². The number of amides is 1. The SMILES string of the molecule is O=C(CC1CCCCC1)Nc1cncc(-c2cc3c(-c4cc5c(-c6cccc(F)c6)nccc5[nH]4)n[nH]c3cn2)c1. The third-order valence-corrected chi connectivity index (χ3v) is 7.87. The number of halogens is 1. The maximum Gasteiger partial charge on any atom is 0.224 e. The first kappa shape index (κ1) is 25.1. The maximum absolute atomic E-state index is 13.9. The highest BCUT2D eigenvalue weighted by Crippen LogP contribution is 2.34. The van der Waals surface area contributed by atoms with Crippen molar-refractivity contribution < 1.29 is 9.18 Å². The lowest BCUT2D eigenvalue weighted by Crippen LogP contribution is -2.18. The second kappa shape index (κ2) is 10.6. The Morgan fingerprint density at radius 3 is 2.66 bits per heavy atom. The minimum atomic E-state index is -0.308. The van der Waals surface area contributed by atoms with Crippen LogP contribution in [-0.2, 0) is 4.79 Å². The number of nitrogens with zero attached hydrogens (tertiary/aromatic N) is 4. The molecule has 1 amide bonds. The zero-order valence-electron chi connectivity index (χ0n) is 22.3. The molecule has 0 spiro atoms. The fourth-order valence-corrected chi connectivity index (χ4v) is 5.84. The van der Waals surface area contributed by atoms with Gasteiger partial charge in [-0.3, -0.25) is 24.8 Å². The van der Waals surface area contributed by atoms with Crippen LogP contribution >= 0.6 is 0 Å². The number of benzene rings is 1. The molecule has 41 heavy (non-hydrogen) atoms. The summed E-state index contributed by atoms with van der Waals surface area (Å²) in [5.74, 6) is 0.189. The van der Waals surface area contributed by atoms with Crippen LogP contribution in [0.15, 0.2) is 73.3 Å². The highest BCUT2D eigenvalue weighted by Gasteiger charge is 2.18. The van der Waals surface area contributed by atoms with E-state index in [4.69, 9.17) is 0 Å². The standard InChI is InChI=1S/C32H28FN7O/c33-22-8-4-7-20(12-22)31-24-15-28(38-26(24)9-10-35-31)32-25-14-27(36-18-29(25)39-40-32)21-13-23(17-34-16-21)37-30(41)11-19-5-2-1-3-6-19/h4,7-10,12-19,38H,1-3,5-6,11H2,(H,37,41)(H,39,40). The number of hydrogen-bond donors (Lipinski definition) is 3. The first-order valence-corrected chi connectivity index (χ1v) is 13.9. The number of hydrogen-bond acceptors (Lipinski definition) is 5. The van der Waals surface area contributed by atoms with Crippen molar-refractivity contribution in [1.29, 1.82) is 0 Å². The molecule has 9 heteroatoms. The molecule has 8 nitrogen and oxygen atoms in total. The maximum atomic E-state index is 13.9. The van der Waals surface area contributed by atoms with Crippen LogP contribution in [0, 0.1) is 11.7 Å². The van der Waals surface area contributed by atoms with E-state index in [1.54, 1.807) is 30.9 Å². The van der Waals surface area contributed by atoms with Crippen molar-refractivity contribution in [2.75, 3.05) is 5.32 Å². The van der Waals surface area contributed by atoms with Crippen molar-refractivity contribution in [2.45, 2.75) is 38.5 Å². The van der Waals surface area contributed by atoms with Crippen LogP contribution < -0.4 is 5.32 Å². The predicted octanol–water partition coefficient (Wildman–Crippen LogP) is 7.28. The quantitative estimate of drug-likeness (QED) is 0.204. The molecule has 3 N–H and O–H groups in total. The van der Waals surface area contributed by atoms with Crippen LogP contribution in [0.5, 0.6) is 0 Å². The molecule has 0 saturated heterocycles.